The molecule has 3 fully saturated rings. The highest BCUT2D eigenvalue weighted by atomic mass is 16.2. The van der Waals surface area contributed by atoms with Gasteiger partial charge in [0, 0.05) is 12.1 Å². The van der Waals surface area contributed by atoms with Crippen LogP contribution in [0.4, 0.5) is 0 Å². The highest BCUT2D eigenvalue weighted by Gasteiger charge is 2.61. The second-order valence-electron chi connectivity index (χ2n) is 7.87. The second-order valence-corrected chi connectivity index (χ2v) is 7.87. The van der Waals surface area contributed by atoms with Gasteiger partial charge in [0.1, 0.15) is 0 Å². The number of carbonyl (C=O) groups is 1. The van der Waals surface area contributed by atoms with Crippen molar-refractivity contribution < 1.29 is 4.79 Å². The van der Waals surface area contributed by atoms with Gasteiger partial charge in [0.15, 0.2) is 0 Å². The molecule has 0 aliphatic heterocycles. The van der Waals surface area contributed by atoms with Gasteiger partial charge in [0.2, 0.25) is 5.91 Å². The highest BCUT2D eigenvalue weighted by Crippen LogP contribution is 2.65. The fourth-order valence-electron chi connectivity index (χ4n) is 5.02. The van der Waals surface area contributed by atoms with Crippen LogP contribution in [0.5, 0.6) is 0 Å². The Kier molecular flexibility index (Phi) is 2.97. The molecule has 108 valence electrons. The molecular formula is C16H28N2O. The number of amides is 1. The number of hydrogen-bond donors (Lipinski definition) is 2. The Hall–Kier alpha value is -0.570. The number of nitrogens with one attached hydrogen (secondary N) is 1. The predicted molar refractivity (Wildman–Crippen MR) is 76.5 cm³/mol. The summed E-state index contributed by atoms with van der Waals surface area (Å²) in [6.07, 6.45) is 6.84. The van der Waals surface area contributed by atoms with Crippen molar-refractivity contribution in [1.29, 1.82) is 0 Å². The first kappa shape index (κ1) is 13.4. The van der Waals surface area contributed by atoms with Gasteiger partial charge in [-0.25, -0.2) is 0 Å². The molecule has 0 heterocycles. The van der Waals surface area contributed by atoms with E-state index in [2.05, 4.69) is 26.1 Å². The van der Waals surface area contributed by atoms with E-state index in [1.807, 2.05) is 0 Å². The maximum atomic E-state index is 12.5. The average Bonchev–Trinajstić information content (AvgIpc) is 2.90. The Morgan fingerprint density at radius 1 is 1.21 bits per heavy atom. The molecule has 0 saturated heterocycles. The molecule has 0 aromatic heterocycles. The van der Waals surface area contributed by atoms with E-state index in [9.17, 15) is 4.79 Å². The molecule has 3 rings (SSSR count). The van der Waals surface area contributed by atoms with Gasteiger partial charge in [0.25, 0.3) is 0 Å². The quantitative estimate of drug-likeness (QED) is 0.805. The molecule has 3 saturated carbocycles. The van der Waals surface area contributed by atoms with E-state index in [1.165, 1.54) is 12.8 Å². The molecule has 2 bridgehead atoms. The molecule has 5 unspecified atom stereocenters. The highest BCUT2D eigenvalue weighted by molar-refractivity contribution is 5.80. The lowest BCUT2D eigenvalue weighted by Gasteiger charge is -2.40. The summed E-state index contributed by atoms with van der Waals surface area (Å²) < 4.78 is 0. The first-order valence-electron chi connectivity index (χ1n) is 7.92. The molecule has 0 aromatic rings. The van der Waals surface area contributed by atoms with Crippen LogP contribution in [0.15, 0.2) is 0 Å². The molecule has 3 aliphatic carbocycles. The summed E-state index contributed by atoms with van der Waals surface area (Å²) in [5.41, 5.74) is 6.69. The first-order chi connectivity index (χ1) is 8.86. The van der Waals surface area contributed by atoms with Gasteiger partial charge in [-0.3, -0.25) is 4.79 Å². The minimum Gasteiger partial charge on any atom is -0.353 e. The van der Waals surface area contributed by atoms with Gasteiger partial charge in [-0.2, -0.15) is 0 Å². The summed E-state index contributed by atoms with van der Waals surface area (Å²) in [5, 5.41) is 3.36. The zero-order valence-electron chi connectivity index (χ0n) is 12.5. The monoisotopic (exact) mass is 264 g/mol. The number of carbonyl (C=O) groups excluding carboxylic acids is 1. The van der Waals surface area contributed by atoms with Gasteiger partial charge in [-0.05, 0) is 48.9 Å². The SMILES string of the molecule is CC1(C)C2CCC1(C)C(NC(=O)C1CCCC1N)C2. The molecule has 19 heavy (non-hydrogen) atoms. The van der Waals surface area contributed by atoms with E-state index >= 15 is 0 Å². The van der Waals surface area contributed by atoms with Gasteiger partial charge < -0.3 is 11.1 Å². The summed E-state index contributed by atoms with van der Waals surface area (Å²) >= 11 is 0. The minimum atomic E-state index is 0.0610. The molecule has 1 amide bonds. The Bertz CT molecular complexity index is 392. The fraction of sp³-hybridized carbons (Fsp3) is 0.938. The third-order valence-corrected chi connectivity index (χ3v) is 7.02. The van der Waals surface area contributed by atoms with E-state index in [0.717, 1.165) is 31.6 Å². The van der Waals surface area contributed by atoms with Crippen molar-refractivity contribution >= 4 is 5.91 Å². The topological polar surface area (TPSA) is 55.1 Å². The third kappa shape index (κ3) is 1.77. The fourth-order valence-corrected chi connectivity index (χ4v) is 5.02. The van der Waals surface area contributed by atoms with E-state index in [0.29, 0.717) is 11.5 Å². The molecule has 0 spiro atoms. The zero-order chi connectivity index (χ0) is 13.8. The van der Waals surface area contributed by atoms with Crippen LogP contribution in [0, 0.1) is 22.7 Å². The van der Waals surface area contributed by atoms with E-state index in [4.69, 9.17) is 5.73 Å². The number of hydrogen-bond acceptors (Lipinski definition) is 2. The van der Waals surface area contributed by atoms with Crippen molar-refractivity contribution in [3.63, 3.8) is 0 Å². The van der Waals surface area contributed by atoms with Gasteiger partial charge >= 0.3 is 0 Å². The lowest BCUT2D eigenvalue weighted by molar-refractivity contribution is -0.127. The Balaban J connectivity index is 1.70. The minimum absolute atomic E-state index is 0.0610. The van der Waals surface area contributed by atoms with Crippen LogP contribution < -0.4 is 11.1 Å². The van der Waals surface area contributed by atoms with Crippen LogP contribution in [-0.4, -0.2) is 18.0 Å². The third-order valence-electron chi connectivity index (χ3n) is 7.02. The van der Waals surface area contributed by atoms with Crippen LogP contribution in [-0.2, 0) is 4.79 Å². The van der Waals surface area contributed by atoms with E-state index in [1.54, 1.807) is 0 Å². The van der Waals surface area contributed by atoms with Crippen molar-refractivity contribution in [2.75, 3.05) is 0 Å². The maximum Gasteiger partial charge on any atom is 0.224 e. The molecule has 5 atom stereocenters. The molecule has 0 aromatic carbocycles. The van der Waals surface area contributed by atoms with Crippen LogP contribution in [0.2, 0.25) is 0 Å². The van der Waals surface area contributed by atoms with Crippen LogP contribution in [0.1, 0.15) is 59.3 Å². The van der Waals surface area contributed by atoms with Gasteiger partial charge in [0.05, 0.1) is 5.92 Å². The van der Waals surface area contributed by atoms with Crippen molar-refractivity contribution in [1.82, 2.24) is 5.32 Å². The second kappa shape index (κ2) is 4.21. The summed E-state index contributed by atoms with van der Waals surface area (Å²) in [6, 6.07) is 0.445. The lowest BCUT2D eigenvalue weighted by Crippen LogP contribution is -2.50. The molecule has 3 nitrogen and oxygen atoms in total. The van der Waals surface area contributed by atoms with E-state index in [-0.39, 0.29) is 23.3 Å². The number of nitrogens with two attached hydrogens (primary N) is 1. The Labute approximate surface area is 116 Å². The molecule has 3 N–H and O–H groups in total. The Morgan fingerprint density at radius 3 is 2.42 bits per heavy atom. The van der Waals surface area contributed by atoms with Gasteiger partial charge in [-0.1, -0.05) is 27.2 Å². The van der Waals surface area contributed by atoms with Crippen LogP contribution >= 0.6 is 0 Å². The van der Waals surface area contributed by atoms with Crippen molar-refractivity contribution in [3.8, 4) is 0 Å². The smallest absolute Gasteiger partial charge is 0.224 e. The Morgan fingerprint density at radius 2 is 1.95 bits per heavy atom. The largest absolute Gasteiger partial charge is 0.353 e. The zero-order valence-corrected chi connectivity index (χ0v) is 12.5. The van der Waals surface area contributed by atoms with Crippen LogP contribution in [0.25, 0.3) is 0 Å². The molecule has 3 heteroatoms. The van der Waals surface area contributed by atoms with Gasteiger partial charge in [-0.15, -0.1) is 0 Å². The maximum absolute atomic E-state index is 12.5. The average molecular weight is 264 g/mol. The molecule has 3 aliphatic rings. The number of fused-ring (bicyclic) bond motifs is 2. The van der Waals surface area contributed by atoms with Crippen molar-refractivity contribution in [2.24, 2.45) is 28.4 Å². The predicted octanol–water partition coefficient (Wildman–Crippen LogP) is 2.44. The van der Waals surface area contributed by atoms with Crippen LogP contribution in [0.3, 0.4) is 0 Å². The van der Waals surface area contributed by atoms with Crippen molar-refractivity contribution in [2.45, 2.75) is 71.4 Å². The summed E-state index contributed by atoms with van der Waals surface area (Å²) in [7, 11) is 0. The number of rotatable bonds is 2. The van der Waals surface area contributed by atoms with E-state index < -0.39 is 0 Å². The lowest BCUT2D eigenvalue weighted by atomic mass is 9.69. The molecular weight excluding hydrogens is 236 g/mol. The normalized spacial score (nSPS) is 47.6. The standard InChI is InChI=1S/C16H28N2O/c1-15(2)10-7-8-16(15,3)13(9-10)18-14(19)11-5-4-6-12(11)17/h10-13H,4-9,17H2,1-3H3,(H,18,19). The summed E-state index contributed by atoms with van der Waals surface area (Å²) in [4.78, 5) is 12.5. The molecule has 0 radical (unpaired) electrons. The summed E-state index contributed by atoms with van der Waals surface area (Å²) in [5.74, 6) is 1.06. The summed E-state index contributed by atoms with van der Waals surface area (Å²) in [6.45, 7) is 7.15. The first-order valence-corrected chi connectivity index (χ1v) is 7.92. The van der Waals surface area contributed by atoms with Crippen molar-refractivity contribution in [3.05, 3.63) is 0 Å².